The number of nitriles is 2. The van der Waals surface area contributed by atoms with Crippen molar-refractivity contribution in [3.05, 3.63) is 53.1 Å². The zero-order valence-electron chi connectivity index (χ0n) is 12.1. The van der Waals surface area contributed by atoms with Crippen LogP contribution in [0.15, 0.2) is 47.5 Å². The molecule has 1 rings (SSSR count). The molecule has 0 saturated heterocycles. The monoisotopic (exact) mass is 313 g/mol. The minimum absolute atomic E-state index is 0.0469. The third-order valence-corrected chi connectivity index (χ3v) is 3.66. The van der Waals surface area contributed by atoms with E-state index in [1.54, 1.807) is 37.5 Å². The molecule has 0 saturated carbocycles. The van der Waals surface area contributed by atoms with Gasteiger partial charge in [0.1, 0.15) is 17.9 Å². The molecule has 5 nitrogen and oxygen atoms in total. The molecule has 0 amide bonds. The SMILES string of the molecule is C=CCNC(SCC(=O)c1ccc(OC)cc1)=C(C#N)C#N. The van der Waals surface area contributed by atoms with E-state index in [0.29, 0.717) is 22.9 Å². The number of hydrogen-bond donors (Lipinski definition) is 1. The number of thioether (sulfide) groups is 1. The van der Waals surface area contributed by atoms with Crippen LogP contribution in [0.3, 0.4) is 0 Å². The Morgan fingerprint density at radius 2 is 2.00 bits per heavy atom. The minimum Gasteiger partial charge on any atom is -0.497 e. The molecule has 0 atom stereocenters. The lowest BCUT2D eigenvalue weighted by molar-refractivity contribution is 0.102. The molecule has 22 heavy (non-hydrogen) atoms. The maximum absolute atomic E-state index is 12.1. The Morgan fingerprint density at radius 3 is 2.50 bits per heavy atom. The largest absolute Gasteiger partial charge is 0.497 e. The highest BCUT2D eigenvalue weighted by Crippen LogP contribution is 2.19. The molecule has 0 heterocycles. The summed E-state index contributed by atoms with van der Waals surface area (Å²) in [5, 5.41) is 21.1. The van der Waals surface area contributed by atoms with Crippen LogP contribution in [0.25, 0.3) is 0 Å². The van der Waals surface area contributed by atoms with Crippen molar-refractivity contribution >= 4 is 17.5 Å². The van der Waals surface area contributed by atoms with Gasteiger partial charge in [0.25, 0.3) is 0 Å². The second-order valence-corrected chi connectivity index (χ2v) is 5.02. The first-order chi connectivity index (χ1) is 10.7. The Morgan fingerprint density at radius 1 is 1.36 bits per heavy atom. The van der Waals surface area contributed by atoms with Gasteiger partial charge in [-0.05, 0) is 24.3 Å². The second kappa shape index (κ2) is 9.28. The molecule has 1 N–H and O–H groups in total. The summed E-state index contributed by atoms with van der Waals surface area (Å²) in [6.07, 6.45) is 1.61. The summed E-state index contributed by atoms with van der Waals surface area (Å²) in [6.45, 7) is 3.97. The first-order valence-electron chi connectivity index (χ1n) is 6.35. The lowest BCUT2D eigenvalue weighted by atomic mass is 10.1. The summed E-state index contributed by atoms with van der Waals surface area (Å²) in [7, 11) is 1.56. The summed E-state index contributed by atoms with van der Waals surface area (Å²) >= 11 is 1.13. The number of nitrogens with one attached hydrogen (secondary N) is 1. The lowest BCUT2D eigenvalue weighted by Gasteiger charge is -2.08. The first kappa shape index (κ1) is 17.4. The Bertz CT molecular complexity index is 635. The maximum Gasteiger partial charge on any atom is 0.173 e. The molecular formula is C16H15N3O2S. The standard InChI is InChI=1S/C16H15N3O2S/c1-3-8-19-16(13(9-17)10-18)22-11-15(20)12-4-6-14(21-2)7-5-12/h3-7,19H,1,8,11H2,2H3. The minimum atomic E-state index is -0.0965. The Kier molecular flexibility index (Phi) is 7.32. The van der Waals surface area contributed by atoms with Gasteiger partial charge < -0.3 is 10.1 Å². The van der Waals surface area contributed by atoms with Gasteiger partial charge in [0.15, 0.2) is 11.4 Å². The van der Waals surface area contributed by atoms with Crippen molar-refractivity contribution in [3.63, 3.8) is 0 Å². The van der Waals surface area contributed by atoms with Gasteiger partial charge in [-0.3, -0.25) is 4.79 Å². The second-order valence-electron chi connectivity index (χ2n) is 4.04. The van der Waals surface area contributed by atoms with Crippen molar-refractivity contribution < 1.29 is 9.53 Å². The van der Waals surface area contributed by atoms with Gasteiger partial charge in [-0.15, -0.1) is 6.58 Å². The molecule has 112 valence electrons. The average molecular weight is 313 g/mol. The van der Waals surface area contributed by atoms with E-state index in [0.717, 1.165) is 11.8 Å². The van der Waals surface area contributed by atoms with Crippen LogP contribution in [0.1, 0.15) is 10.4 Å². The van der Waals surface area contributed by atoms with E-state index in [4.69, 9.17) is 15.3 Å². The summed E-state index contributed by atoms with van der Waals surface area (Å²) in [4.78, 5) is 12.1. The van der Waals surface area contributed by atoms with Gasteiger partial charge in [-0.25, -0.2) is 0 Å². The van der Waals surface area contributed by atoms with E-state index in [2.05, 4.69) is 11.9 Å². The Hall–Kier alpha value is -2.70. The number of rotatable bonds is 8. The summed E-state index contributed by atoms with van der Waals surface area (Å²) in [5.41, 5.74) is 0.501. The molecule has 0 fully saturated rings. The number of carbonyl (C=O) groups is 1. The van der Waals surface area contributed by atoms with Crippen LogP contribution in [0.4, 0.5) is 0 Å². The summed E-state index contributed by atoms with van der Waals surface area (Å²) in [5.74, 6) is 0.702. The van der Waals surface area contributed by atoms with Gasteiger partial charge in [0.05, 0.1) is 17.9 Å². The fourth-order valence-electron chi connectivity index (χ4n) is 1.50. The topological polar surface area (TPSA) is 85.9 Å². The quantitative estimate of drug-likeness (QED) is 0.451. The van der Waals surface area contributed by atoms with Crippen LogP contribution in [0.2, 0.25) is 0 Å². The van der Waals surface area contributed by atoms with E-state index in [1.807, 2.05) is 12.1 Å². The van der Waals surface area contributed by atoms with Crippen LogP contribution in [-0.2, 0) is 0 Å². The Labute approximate surface area is 133 Å². The molecule has 0 aliphatic carbocycles. The van der Waals surface area contributed by atoms with Crippen molar-refractivity contribution in [2.45, 2.75) is 0 Å². The van der Waals surface area contributed by atoms with Crippen molar-refractivity contribution in [1.82, 2.24) is 5.32 Å². The fraction of sp³-hybridized carbons (Fsp3) is 0.188. The fourth-order valence-corrected chi connectivity index (χ4v) is 2.36. The molecule has 1 aromatic rings. The van der Waals surface area contributed by atoms with Crippen LogP contribution in [-0.4, -0.2) is 25.2 Å². The molecule has 0 aliphatic heterocycles. The van der Waals surface area contributed by atoms with Gasteiger partial charge in [0, 0.05) is 12.1 Å². The molecule has 0 unspecified atom stereocenters. The van der Waals surface area contributed by atoms with Gasteiger partial charge in [-0.1, -0.05) is 17.8 Å². The highest BCUT2D eigenvalue weighted by atomic mass is 32.2. The molecular weight excluding hydrogens is 298 g/mol. The molecule has 0 spiro atoms. The van der Waals surface area contributed by atoms with E-state index in [9.17, 15) is 4.79 Å². The summed E-state index contributed by atoms with van der Waals surface area (Å²) in [6, 6.07) is 10.4. The zero-order valence-corrected chi connectivity index (χ0v) is 12.9. The van der Waals surface area contributed by atoms with E-state index < -0.39 is 0 Å². The number of allylic oxidation sites excluding steroid dienone is 1. The van der Waals surface area contributed by atoms with Crippen molar-refractivity contribution in [2.24, 2.45) is 0 Å². The molecule has 6 heteroatoms. The normalized spacial score (nSPS) is 9.05. The zero-order chi connectivity index (χ0) is 16.4. The first-order valence-corrected chi connectivity index (χ1v) is 7.34. The van der Waals surface area contributed by atoms with Gasteiger partial charge in [-0.2, -0.15) is 10.5 Å². The Balaban J connectivity index is 2.77. The lowest BCUT2D eigenvalue weighted by Crippen LogP contribution is -2.14. The highest BCUT2D eigenvalue weighted by Gasteiger charge is 2.11. The number of Topliss-reactive ketones (excluding diaryl/α,β-unsaturated/α-hetero) is 1. The van der Waals surface area contributed by atoms with E-state index in [1.165, 1.54) is 0 Å². The smallest absolute Gasteiger partial charge is 0.173 e. The highest BCUT2D eigenvalue weighted by molar-refractivity contribution is 8.03. The number of ketones is 1. The predicted molar refractivity (Wildman–Crippen MR) is 86.2 cm³/mol. The van der Waals surface area contributed by atoms with Crippen molar-refractivity contribution in [3.8, 4) is 17.9 Å². The van der Waals surface area contributed by atoms with Crippen LogP contribution < -0.4 is 10.1 Å². The number of carbonyl (C=O) groups excluding carboxylic acids is 1. The average Bonchev–Trinajstić information content (AvgIpc) is 2.57. The van der Waals surface area contributed by atoms with Gasteiger partial charge in [0.2, 0.25) is 0 Å². The van der Waals surface area contributed by atoms with Crippen molar-refractivity contribution in [1.29, 1.82) is 10.5 Å². The number of benzene rings is 1. The van der Waals surface area contributed by atoms with E-state index in [-0.39, 0.29) is 17.1 Å². The van der Waals surface area contributed by atoms with Crippen LogP contribution in [0.5, 0.6) is 5.75 Å². The van der Waals surface area contributed by atoms with Crippen LogP contribution in [0, 0.1) is 22.7 Å². The molecule has 0 aromatic heterocycles. The third kappa shape index (κ3) is 5.01. The number of methoxy groups -OCH3 is 1. The molecule has 0 aliphatic rings. The third-order valence-electron chi connectivity index (χ3n) is 2.62. The summed E-state index contributed by atoms with van der Waals surface area (Å²) < 4.78 is 5.04. The van der Waals surface area contributed by atoms with Crippen molar-refractivity contribution in [2.75, 3.05) is 19.4 Å². The molecule has 0 bridgehead atoms. The maximum atomic E-state index is 12.1. The predicted octanol–water partition coefficient (Wildman–Crippen LogP) is 2.65. The number of nitrogens with zero attached hydrogens (tertiary/aromatic N) is 2. The van der Waals surface area contributed by atoms with Crippen LogP contribution >= 0.6 is 11.8 Å². The molecule has 0 radical (unpaired) electrons. The molecule has 1 aromatic carbocycles. The number of hydrogen-bond acceptors (Lipinski definition) is 6. The van der Waals surface area contributed by atoms with E-state index >= 15 is 0 Å². The van der Waals surface area contributed by atoms with Gasteiger partial charge >= 0.3 is 0 Å². The number of ether oxygens (including phenoxy) is 1.